The van der Waals surface area contributed by atoms with Gasteiger partial charge in [-0.05, 0) is 46.0 Å². The van der Waals surface area contributed by atoms with Crippen LogP contribution in [0, 0.1) is 5.92 Å². The molecule has 0 fully saturated rings. The summed E-state index contributed by atoms with van der Waals surface area (Å²) >= 11 is 0. The molecular weight excluding hydrogens is 288 g/mol. The molecule has 0 rings (SSSR count). The Morgan fingerprint density at radius 1 is 1.04 bits per heavy atom. The van der Waals surface area contributed by atoms with Crippen molar-refractivity contribution in [2.45, 2.75) is 91.1 Å². The van der Waals surface area contributed by atoms with Gasteiger partial charge in [-0.25, -0.2) is 4.79 Å². The van der Waals surface area contributed by atoms with E-state index in [4.69, 9.17) is 9.47 Å². The summed E-state index contributed by atoms with van der Waals surface area (Å²) in [6, 6.07) is 0. The summed E-state index contributed by atoms with van der Waals surface area (Å²) < 4.78 is 10.9. The Labute approximate surface area is 143 Å². The van der Waals surface area contributed by atoms with Crippen molar-refractivity contribution >= 4 is 5.97 Å². The van der Waals surface area contributed by atoms with Crippen LogP contribution in [0.4, 0.5) is 0 Å². The van der Waals surface area contributed by atoms with Gasteiger partial charge in [0, 0.05) is 12.7 Å². The third kappa shape index (κ3) is 10.5. The number of hydrogen-bond acceptors (Lipinski definition) is 3. The van der Waals surface area contributed by atoms with Crippen molar-refractivity contribution in [3.63, 3.8) is 0 Å². The molecule has 1 unspecified atom stereocenters. The molecule has 3 nitrogen and oxygen atoms in total. The number of methoxy groups -OCH3 is 1. The van der Waals surface area contributed by atoms with Crippen LogP contribution in [0.2, 0.25) is 0 Å². The quantitative estimate of drug-likeness (QED) is 0.234. The lowest BCUT2D eigenvalue weighted by Crippen LogP contribution is -2.33. The number of ether oxygens (including phenoxy) is 2. The monoisotopic (exact) mass is 326 g/mol. The highest BCUT2D eigenvalue weighted by molar-refractivity contribution is 5.86. The number of carbonyl (C=O) groups is 1. The van der Waals surface area contributed by atoms with Crippen LogP contribution >= 0.6 is 0 Å². The number of unbranched alkanes of at least 4 members (excludes halogenated alkanes) is 5. The van der Waals surface area contributed by atoms with E-state index in [9.17, 15) is 4.79 Å². The van der Waals surface area contributed by atoms with Gasteiger partial charge in [-0.1, -0.05) is 52.0 Å². The molecule has 0 aromatic carbocycles. The van der Waals surface area contributed by atoms with Gasteiger partial charge in [0.2, 0.25) is 0 Å². The van der Waals surface area contributed by atoms with Crippen LogP contribution in [0.3, 0.4) is 0 Å². The van der Waals surface area contributed by atoms with Gasteiger partial charge in [0.05, 0.1) is 12.2 Å². The van der Waals surface area contributed by atoms with Crippen LogP contribution in [0.25, 0.3) is 0 Å². The molecule has 0 aliphatic heterocycles. The molecular formula is C20H38O3. The average molecular weight is 327 g/mol. The summed E-state index contributed by atoms with van der Waals surface area (Å²) in [5.74, 6) is 0.214. The van der Waals surface area contributed by atoms with Crippen LogP contribution in [-0.4, -0.2) is 25.3 Å². The molecule has 0 radical (unpaired) electrons. The van der Waals surface area contributed by atoms with Gasteiger partial charge in [-0.15, -0.1) is 0 Å². The first-order valence-electron chi connectivity index (χ1n) is 9.23. The van der Waals surface area contributed by atoms with E-state index in [-0.39, 0.29) is 11.6 Å². The third-order valence-corrected chi connectivity index (χ3v) is 4.69. The van der Waals surface area contributed by atoms with Crippen LogP contribution in [0.15, 0.2) is 12.2 Å². The molecule has 0 aliphatic rings. The summed E-state index contributed by atoms with van der Waals surface area (Å²) in [5, 5.41) is 0. The Morgan fingerprint density at radius 2 is 1.61 bits per heavy atom. The predicted octanol–water partition coefficient (Wildman–Crippen LogP) is 5.68. The van der Waals surface area contributed by atoms with Crippen LogP contribution in [0.5, 0.6) is 0 Å². The topological polar surface area (TPSA) is 35.5 Å². The van der Waals surface area contributed by atoms with E-state index in [0.29, 0.717) is 18.1 Å². The molecule has 0 saturated heterocycles. The molecule has 136 valence electrons. The van der Waals surface area contributed by atoms with Gasteiger partial charge in [0.1, 0.15) is 0 Å². The fourth-order valence-electron chi connectivity index (χ4n) is 2.80. The smallest absolute Gasteiger partial charge is 0.333 e. The van der Waals surface area contributed by atoms with Crippen LogP contribution < -0.4 is 0 Å². The van der Waals surface area contributed by atoms with E-state index in [1.165, 1.54) is 44.9 Å². The molecule has 0 aromatic heterocycles. The molecule has 0 amide bonds. The zero-order valence-electron chi connectivity index (χ0n) is 16.1. The first kappa shape index (κ1) is 22.2. The molecule has 0 aliphatic carbocycles. The van der Waals surface area contributed by atoms with Gasteiger partial charge in [0.15, 0.2) is 0 Å². The second-order valence-electron chi connectivity index (χ2n) is 7.12. The molecule has 0 spiro atoms. The van der Waals surface area contributed by atoms with E-state index in [2.05, 4.69) is 27.4 Å². The van der Waals surface area contributed by atoms with E-state index in [1.54, 1.807) is 14.0 Å². The maximum atomic E-state index is 11.4. The maximum absolute atomic E-state index is 11.4. The van der Waals surface area contributed by atoms with E-state index in [0.717, 1.165) is 12.8 Å². The first-order valence-corrected chi connectivity index (χ1v) is 9.23. The fraction of sp³-hybridized carbons (Fsp3) is 0.850. The Balaban J connectivity index is 4.11. The average Bonchev–Trinajstić information content (AvgIpc) is 2.51. The standard InChI is InChI=1S/C20H38O3/c1-7-8-9-10-11-12-14-18(20(4,5)22-6)15-13-16-23-19(21)17(2)3/h18H,2,7-16H2,1,3-6H3. The number of esters is 1. The van der Waals surface area contributed by atoms with Crippen molar-refractivity contribution in [1.82, 2.24) is 0 Å². The molecule has 0 saturated carbocycles. The van der Waals surface area contributed by atoms with Gasteiger partial charge in [0.25, 0.3) is 0 Å². The molecule has 3 heteroatoms. The van der Waals surface area contributed by atoms with Gasteiger partial charge >= 0.3 is 5.97 Å². The van der Waals surface area contributed by atoms with E-state index >= 15 is 0 Å². The van der Waals surface area contributed by atoms with Crippen LogP contribution in [0.1, 0.15) is 85.5 Å². The fourth-order valence-corrected chi connectivity index (χ4v) is 2.80. The normalized spacial score (nSPS) is 12.9. The van der Waals surface area contributed by atoms with Crippen molar-refractivity contribution < 1.29 is 14.3 Å². The molecule has 0 heterocycles. The molecule has 0 aromatic rings. The van der Waals surface area contributed by atoms with Crippen molar-refractivity contribution in [3.05, 3.63) is 12.2 Å². The maximum Gasteiger partial charge on any atom is 0.333 e. The number of carbonyl (C=O) groups excluding carboxylic acids is 1. The molecule has 0 bridgehead atoms. The summed E-state index contributed by atoms with van der Waals surface area (Å²) in [4.78, 5) is 11.4. The lowest BCUT2D eigenvalue weighted by Gasteiger charge is -2.33. The minimum absolute atomic E-state index is 0.123. The summed E-state index contributed by atoms with van der Waals surface area (Å²) in [7, 11) is 1.79. The zero-order chi connectivity index (χ0) is 17.7. The second kappa shape index (κ2) is 12.6. The zero-order valence-corrected chi connectivity index (χ0v) is 16.1. The Bertz CT molecular complexity index is 334. The lowest BCUT2D eigenvalue weighted by atomic mass is 9.82. The van der Waals surface area contributed by atoms with Gasteiger partial charge < -0.3 is 9.47 Å². The second-order valence-corrected chi connectivity index (χ2v) is 7.12. The Morgan fingerprint density at radius 3 is 2.17 bits per heavy atom. The van der Waals surface area contributed by atoms with Gasteiger partial charge in [-0.2, -0.15) is 0 Å². The van der Waals surface area contributed by atoms with E-state index < -0.39 is 0 Å². The number of rotatable bonds is 14. The molecule has 0 N–H and O–H groups in total. The van der Waals surface area contributed by atoms with Crippen molar-refractivity contribution in [1.29, 1.82) is 0 Å². The lowest BCUT2D eigenvalue weighted by molar-refractivity contribution is -0.139. The minimum atomic E-state index is -0.288. The Kier molecular flexibility index (Phi) is 12.1. The largest absolute Gasteiger partial charge is 0.462 e. The Hall–Kier alpha value is -0.830. The summed E-state index contributed by atoms with van der Waals surface area (Å²) in [6.07, 6.45) is 11.0. The predicted molar refractivity (Wildman–Crippen MR) is 97.6 cm³/mol. The number of hydrogen-bond donors (Lipinski definition) is 0. The molecule has 1 atom stereocenters. The minimum Gasteiger partial charge on any atom is -0.462 e. The van der Waals surface area contributed by atoms with E-state index in [1.807, 2.05) is 0 Å². The van der Waals surface area contributed by atoms with Crippen molar-refractivity contribution in [2.75, 3.05) is 13.7 Å². The highest BCUT2D eigenvalue weighted by Crippen LogP contribution is 2.30. The highest BCUT2D eigenvalue weighted by atomic mass is 16.5. The molecule has 23 heavy (non-hydrogen) atoms. The highest BCUT2D eigenvalue weighted by Gasteiger charge is 2.28. The SMILES string of the molecule is C=C(C)C(=O)OCCCC(CCCCCCCC)C(C)(C)OC. The van der Waals surface area contributed by atoms with Gasteiger partial charge in [-0.3, -0.25) is 0 Å². The first-order chi connectivity index (χ1) is 10.8. The van der Waals surface area contributed by atoms with Crippen molar-refractivity contribution in [2.24, 2.45) is 5.92 Å². The summed E-state index contributed by atoms with van der Waals surface area (Å²) in [6.45, 7) is 12.3. The summed E-state index contributed by atoms with van der Waals surface area (Å²) in [5.41, 5.74) is 0.341. The van der Waals surface area contributed by atoms with Crippen LogP contribution in [-0.2, 0) is 14.3 Å². The van der Waals surface area contributed by atoms with Crippen molar-refractivity contribution in [3.8, 4) is 0 Å². The third-order valence-electron chi connectivity index (χ3n) is 4.69.